The summed E-state index contributed by atoms with van der Waals surface area (Å²) in [6.07, 6.45) is -0.0485. The second kappa shape index (κ2) is 5.17. The summed E-state index contributed by atoms with van der Waals surface area (Å²) in [7, 11) is 1.44. The number of carboxylic acids is 1. The summed E-state index contributed by atoms with van der Waals surface area (Å²) in [6, 6.07) is 4.97. The summed E-state index contributed by atoms with van der Waals surface area (Å²) in [5.41, 5.74) is 0.520. The zero-order chi connectivity index (χ0) is 14.0. The van der Waals surface area contributed by atoms with Gasteiger partial charge in [-0.25, -0.2) is 0 Å². The normalized spacial score (nSPS) is 18.7. The van der Waals surface area contributed by atoms with Crippen molar-refractivity contribution in [2.24, 2.45) is 5.92 Å². The van der Waals surface area contributed by atoms with Crippen LogP contribution in [0.25, 0.3) is 0 Å². The number of rotatable bonds is 4. The van der Waals surface area contributed by atoms with Crippen LogP contribution in [-0.2, 0) is 16.1 Å². The fourth-order valence-corrected chi connectivity index (χ4v) is 2.15. The fourth-order valence-electron chi connectivity index (χ4n) is 2.15. The van der Waals surface area contributed by atoms with Crippen molar-refractivity contribution in [2.75, 3.05) is 13.7 Å². The Morgan fingerprint density at radius 3 is 2.89 bits per heavy atom. The first-order valence-electron chi connectivity index (χ1n) is 5.86. The number of phenolic OH excluding ortho intramolecular Hbond substituents is 1. The number of carbonyl (C=O) groups excluding carboxylic acids is 2. The van der Waals surface area contributed by atoms with Crippen LogP contribution in [0.15, 0.2) is 18.2 Å². The number of hydrogen-bond donors (Lipinski definition) is 1. The molecular weight excluding hydrogens is 250 g/mol. The molecule has 0 saturated carbocycles. The van der Waals surface area contributed by atoms with Gasteiger partial charge in [0.25, 0.3) is 0 Å². The highest BCUT2D eigenvalue weighted by Crippen LogP contribution is 2.31. The van der Waals surface area contributed by atoms with E-state index in [2.05, 4.69) is 0 Å². The van der Waals surface area contributed by atoms with Crippen LogP contribution < -0.4 is 9.84 Å². The Bertz CT molecular complexity index is 514. The number of carbonyl (C=O) groups is 2. The van der Waals surface area contributed by atoms with Crippen LogP contribution in [0, 0.1) is 5.92 Å². The number of benzene rings is 1. The van der Waals surface area contributed by atoms with Crippen molar-refractivity contribution in [1.29, 1.82) is 0 Å². The van der Waals surface area contributed by atoms with Crippen molar-refractivity contribution in [1.82, 2.24) is 4.90 Å². The quantitative estimate of drug-likeness (QED) is 0.791. The molecule has 1 aromatic carbocycles. The number of carboxylic acid groups (broad SMARTS) is 1. The number of methoxy groups -OCH3 is 1. The second-order valence-corrected chi connectivity index (χ2v) is 4.46. The van der Waals surface area contributed by atoms with Crippen molar-refractivity contribution < 1.29 is 24.5 Å². The number of phenols is 1. The van der Waals surface area contributed by atoms with E-state index in [9.17, 15) is 19.8 Å². The van der Waals surface area contributed by atoms with Gasteiger partial charge >= 0.3 is 0 Å². The average Bonchev–Trinajstić information content (AvgIpc) is 2.74. The smallest absolute Gasteiger partial charge is 0.223 e. The molecule has 0 aromatic heterocycles. The minimum Gasteiger partial charge on any atom is -0.550 e. The zero-order valence-electron chi connectivity index (χ0n) is 10.5. The number of para-hydroxylation sites is 1. The van der Waals surface area contributed by atoms with Crippen LogP contribution in [0.4, 0.5) is 0 Å². The largest absolute Gasteiger partial charge is 0.550 e. The Morgan fingerprint density at radius 1 is 1.58 bits per heavy atom. The van der Waals surface area contributed by atoms with Crippen LogP contribution >= 0.6 is 0 Å². The third-order valence-corrected chi connectivity index (χ3v) is 3.21. The maximum absolute atomic E-state index is 11.7. The average molecular weight is 264 g/mol. The van der Waals surface area contributed by atoms with Gasteiger partial charge in [-0.2, -0.15) is 0 Å². The third kappa shape index (κ3) is 2.62. The number of likely N-dealkylation sites (tertiary alicyclic amines) is 1. The van der Waals surface area contributed by atoms with Gasteiger partial charge in [0.05, 0.1) is 7.11 Å². The summed E-state index contributed by atoms with van der Waals surface area (Å²) in [6.45, 7) is 0.267. The number of nitrogens with zero attached hydrogens (tertiary/aromatic N) is 1. The van der Waals surface area contributed by atoms with E-state index < -0.39 is 11.9 Å². The summed E-state index contributed by atoms with van der Waals surface area (Å²) in [5, 5.41) is 20.7. The lowest BCUT2D eigenvalue weighted by molar-refractivity contribution is -0.311. The lowest BCUT2D eigenvalue weighted by Gasteiger charge is -2.18. The van der Waals surface area contributed by atoms with Crippen molar-refractivity contribution in [3.05, 3.63) is 23.8 Å². The van der Waals surface area contributed by atoms with Crippen molar-refractivity contribution in [2.45, 2.75) is 13.0 Å². The van der Waals surface area contributed by atoms with E-state index >= 15 is 0 Å². The number of aromatic hydroxyl groups is 1. The van der Waals surface area contributed by atoms with E-state index in [-0.39, 0.29) is 31.2 Å². The molecule has 0 bridgehead atoms. The van der Waals surface area contributed by atoms with Gasteiger partial charge in [0.2, 0.25) is 5.91 Å². The molecule has 6 nitrogen and oxygen atoms in total. The summed E-state index contributed by atoms with van der Waals surface area (Å²) in [4.78, 5) is 23.8. The molecule has 1 heterocycles. The molecule has 1 N–H and O–H groups in total. The van der Waals surface area contributed by atoms with E-state index in [4.69, 9.17) is 4.74 Å². The predicted molar refractivity (Wildman–Crippen MR) is 63.2 cm³/mol. The predicted octanol–water partition coefficient (Wildman–Crippen LogP) is -0.501. The molecule has 102 valence electrons. The van der Waals surface area contributed by atoms with Crippen LogP contribution in [0.2, 0.25) is 0 Å². The maximum Gasteiger partial charge on any atom is 0.223 e. The molecule has 0 unspecified atom stereocenters. The minimum absolute atomic E-state index is 0.0327. The first-order valence-corrected chi connectivity index (χ1v) is 5.86. The molecule has 6 heteroatoms. The first-order chi connectivity index (χ1) is 9.02. The summed E-state index contributed by atoms with van der Waals surface area (Å²) in [5.74, 6) is -1.96. The molecule has 1 fully saturated rings. The highest BCUT2D eigenvalue weighted by molar-refractivity contribution is 5.85. The minimum atomic E-state index is -1.22. The number of ether oxygens (including phenoxy) is 1. The van der Waals surface area contributed by atoms with Gasteiger partial charge in [-0.15, -0.1) is 0 Å². The molecule has 1 atom stereocenters. The van der Waals surface area contributed by atoms with Gasteiger partial charge < -0.3 is 24.6 Å². The highest BCUT2D eigenvalue weighted by atomic mass is 16.5. The van der Waals surface area contributed by atoms with Crippen LogP contribution in [0.3, 0.4) is 0 Å². The molecule has 1 amide bonds. The van der Waals surface area contributed by atoms with Gasteiger partial charge in [0.1, 0.15) is 0 Å². The van der Waals surface area contributed by atoms with Gasteiger partial charge in [-0.1, -0.05) is 12.1 Å². The third-order valence-electron chi connectivity index (χ3n) is 3.21. The molecule has 1 saturated heterocycles. The van der Waals surface area contributed by atoms with Crippen LogP contribution in [0.5, 0.6) is 11.5 Å². The number of hydrogen-bond acceptors (Lipinski definition) is 5. The summed E-state index contributed by atoms with van der Waals surface area (Å²) < 4.78 is 4.98. The molecule has 0 spiro atoms. The molecule has 0 radical (unpaired) electrons. The lowest BCUT2D eigenvalue weighted by atomic mass is 10.1. The van der Waals surface area contributed by atoms with E-state index in [1.807, 2.05) is 0 Å². The maximum atomic E-state index is 11.7. The number of amides is 1. The van der Waals surface area contributed by atoms with Crippen LogP contribution in [0.1, 0.15) is 12.0 Å². The highest BCUT2D eigenvalue weighted by Gasteiger charge is 2.30. The molecule has 0 aliphatic carbocycles. The van der Waals surface area contributed by atoms with Gasteiger partial charge in [-0.05, 0) is 6.07 Å². The van der Waals surface area contributed by atoms with E-state index in [0.29, 0.717) is 11.3 Å². The lowest BCUT2D eigenvalue weighted by Crippen LogP contribution is -2.33. The molecule has 1 aromatic rings. The van der Waals surface area contributed by atoms with Gasteiger partial charge in [0.15, 0.2) is 11.5 Å². The first kappa shape index (κ1) is 13.2. The van der Waals surface area contributed by atoms with Crippen molar-refractivity contribution >= 4 is 11.9 Å². The molecular formula is C13H14NO5-. The Hall–Kier alpha value is -2.24. The second-order valence-electron chi connectivity index (χ2n) is 4.46. The molecule has 1 aliphatic heterocycles. The summed E-state index contributed by atoms with van der Waals surface area (Å²) >= 11 is 0. The standard InChI is InChI=1S/C13H15NO5/c1-19-10-4-2-3-8(12(10)16)6-14-7-9(13(17)18)5-11(14)15/h2-4,9,16H,5-7H2,1H3,(H,17,18)/p-1/t9-/m1/s1. The molecule has 1 aliphatic rings. The van der Waals surface area contributed by atoms with E-state index in [1.54, 1.807) is 18.2 Å². The SMILES string of the molecule is COc1cccc(CN2C[C@H](C(=O)[O-])CC2=O)c1O. The van der Waals surface area contributed by atoms with Gasteiger partial charge in [0, 0.05) is 37.0 Å². The van der Waals surface area contributed by atoms with Gasteiger partial charge in [-0.3, -0.25) is 4.79 Å². The van der Waals surface area contributed by atoms with Crippen LogP contribution in [-0.4, -0.2) is 35.5 Å². The Morgan fingerprint density at radius 2 is 2.32 bits per heavy atom. The zero-order valence-corrected chi connectivity index (χ0v) is 10.5. The fraction of sp³-hybridized carbons (Fsp3) is 0.385. The van der Waals surface area contributed by atoms with Crippen molar-refractivity contribution in [3.8, 4) is 11.5 Å². The number of aliphatic carboxylic acids is 1. The Kier molecular flexibility index (Phi) is 3.59. The van der Waals surface area contributed by atoms with Crippen molar-refractivity contribution in [3.63, 3.8) is 0 Å². The topological polar surface area (TPSA) is 89.9 Å². The monoisotopic (exact) mass is 264 g/mol. The Balaban J connectivity index is 2.14. The molecule has 2 rings (SSSR count). The molecule has 19 heavy (non-hydrogen) atoms. The Labute approximate surface area is 110 Å². The van der Waals surface area contributed by atoms with E-state index in [1.165, 1.54) is 12.0 Å². The van der Waals surface area contributed by atoms with E-state index in [0.717, 1.165) is 0 Å².